The summed E-state index contributed by atoms with van der Waals surface area (Å²) in [5, 5.41) is 0. The highest BCUT2D eigenvalue weighted by atomic mass is 32.2. The molecule has 0 saturated carbocycles. The minimum atomic E-state index is -0.283. The molecule has 0 heterocycles. The summed E-state index contributed by atoms with van der Waals surface area (Å²) in [6.07, 6.45) is 1.15. The van der Waals surface area contributed by atoms with E-state index in [9.17, 15) is 0 Å². The van der Waals surface area contributed by atoms with Gasteiger partial charge in [0.2, 0.25) is 0 Å². The van der Waals surface area contributed by atoms with E-state index < -0.39 is 0 Å². The van der Waals surface area contributed by atoms with Crippen molar-refractivity contribution in [1.29, 1.82) is 0 Å². The summed E-state index contributed by atoms with van der Waals surface area (Å²) in [5.41, 5.74) is 0. The van der Waals surface area contributed by atoms with E-state index in [0.717, 1.165) is 23.2 Å². The fraction of sp³-hybridized carbons (Fsp3) is 1.00. The minimum absolute atomic E-state index is 0.283. The van der Waals surface area contributed by atoms with Gasteiger partial charge in [-0.3, -0.25) is 0 Å². The lowest BCUT2D eigenvalue weighted by Crippen LogP contribution is -2.36. The van der Waals surface area contributed by atoms with Crippen molar-refractivity contribution in [3.05, 3.63) is 0 Å². The maximum absolute atomic E-state index is 5.11. The van der Waals surface area contributed by atoms with E-state index in [-0.39, 0.29) is 11.5 Å². The Hall–Kier alpha value is 0.230. The van der Waals surface area contributed by atoms with Crippen LogP contribution in [0.1, 0.15) is 6.42 Å². The monoisotopic (exact) mass is 195 g/mol. The van der Waals surface area contributed by atoms with Crippen molar-refractivity contribution in [2.24, 2.45) is 0 Å². The number of hydrogen-bond donors (Lipinski definition) is 0. The molecule has 0 fully saturated rings. The molecule has 0 aromatic carbocycles. The van der Waals surface area contributed by atoms with E-state index in [4.69, 9.17) is 8.37 Å². The van der Waals surface area contributed by atoms with Crippen LogP contribution in [0.5, 0.6) is 0 Å². The smallest absolute Gasteiger partial charge is 0.314 e. The zero-order valence-corrected chi connectivity index (χ0v) is 9.61. The zero-order valence-electron chi connectivity index (χ0n) is 8.79. The second-order valence-corrected chi connectivity index (χ2v) is 5.39. The van der Waals surface area contributed by atoms with Gasteiger partial charge >= 0.3 is 11.5 Å². The van der Waals surface area contributed by atoms with Crippen molar-refractivity contribution in [1.82, 2.24) is 0 Å². The van der Waals surface area contributed by atoms with Gasteiger partial charge in [-0.05, 0) is 0 Å². The Labute approximate surface area is 79.0 Å². The van der Waals surface area contributed by atoms with E-state index in [1.165, 1.54) is 0 Å². The molecule has 74 valence electrons. The van der Waals surface area contributed by atoms with Crippen molar-refractivity contribution in [3.63, 3.8) is 0 Å². The van der Waals surface area contributed by atoms with Crippen molar-refractivity contribution in [3.8, 4) is 0 Å². The Bertz CT molecular complexity index is 110. The maximum atomic E-state index is 5.11. The molecule has 0 unspecified atom stereocenters. The fourth-order valence-electron chi connectivity index (χ4n) is 0.891. The van der Waals surface area contributed by atoms with Crippen LogP contribution in [0.25, 0.3) is 0 Å². The van der Waals surface area contributed by atoms with Crippen LogP contribution < -0.4 is 0 Å². The predicted octanol–water partition coefficient (Wildman–Crippen LogP) is 0.824. The summed E-state index contributed by atoms with van der Waals surface area (Å²) in [6, 6.07) is 0. The molecule has 0 aliphatic carbocycles. The first-order valence-corrected chi connectivity index (χ1v) is 5.34. The first kappa shape index (κ1) is 12.2. The summed E-state index contributed by atoms with van der Waals surface area (Å²) in [5.74, 6) is 1.00. The Morgan fingerprint density at radius 2 is 1.58 bits per heavy atom. The summed E-state index contributed by atoms with van der Waals surface area (Å²) >= 11 is -0.283. The Kier molecular flexibility index (Phi) is 5.92. The molecule has 0 N–H and O–H groups in total. The van der Waals surface area contributed by atoms with Gasteiger partial charge in [-0.15, -0.1) is 8.37 Å². The van der Waals surface area contributed by atoms with Crippen LogP contribution >= 0.6 is 0 Å². The maximum Gasteiger partial charge on any atom is 0.314 e. The molecule has 0 spiro atoms. The van der Waals surface area contributed by atoms with Gasteiger partial charge in [0.1, 0.15) is 0 Å². The Balaban J connectivity index is 3.41. The highest BCUT2D eigenvalue weighted by Gasteiger charge is 2.20. The molecule has 12 heavy (non-hydrogen) atoms. The van der Waals surface area contributed by atoms with Crippen LogP contribution in [0, 0.1) is 0 Å². The number of quaternary nitrogens is 1. The van der Waals surface area contributed by atoms with Gasteiger partial charge in [0, 0.05) is 6.42 Å². The van der Waals surface area contributed by atoms with Gasteiger partial charge in [0.15, 0.2) is 5.75 Å². The Morgan fingerprint density at radius 3 is 1.92 bits per heavy atom. The molecule has 0 radical (unpaired) electrons. The van der Waals surface area contributed by atoms with Crippen LogP contribution in [0.3, 0.4) is 0 Å². The van der Waals surface area contributed by atoms with Crippen molar-refractivity contribution in [2.75, 3.05) is 47.7 Å². The quantitative estimate of drug-likeness (QED) is 0.461. The molecule has 0 bridgehead atoms. The number of hydrogen-bond acceptors (Lipinski definition) is 2. The summed E-state index contributed by atoms with van der Waals surface area (Å²) < 4.78 is 11.2. The van der Waals surface area contributed by atoms with Gasteiger partial charge in [0.05, 0.1) is 41.9 Å². The molecular formula is C8H21NO2S+2. The molecule has 4 heteroatoms. The molecule has 0 aliphatic rings. The lowest BCUT2D eigenvalue weighted by atomic mass is 10.4. The topological polar surface area (TPSA) is 18.5 Å². The molecule has 3 nitrogen and oxygen atoms in total. The van der Waals surface area contributed by atoms with Crippen molar-refractivity contribution in [2.45, 2.75) is 6.42 Å². The van der Waals surface area contributed by atoms with E-state index in [1.807, 2.05) is 0 Å². The summed E-state index contributed by atoms with van der Waals surface area (Å²) in [7, 11) is 9.96. The van der Waals surface area contributed by atoms with E-state index in [2.05, 4.69) is 21.1 Å². The van der Waals surface area contributed by atoms with Gasteiger partial charge in [-0.2, -0.15) is 0 Å². The normalized spacial score (nSPS) is 12.5. The molecule has 0 saturated heterocycles. The van der Waals surface area contributed by atoms with Gasteiger partial charge < -0.3 is 4.48 Å². The number of nitrogens with zero attached hydrogens (tertiary/aromatic N) is 1. The van der Waals surface area contributed by atoms with Gasteiger partial charge in [-0.25, -0.2) is 0 Å². The second kappa shape index (κ2) is 5.80. The molecular weight excluding hydrogens is 174 g/mol. The molecule has 0 atom stereocenters. The van der Waals surface area contributed by atoms with Crippen LogP contribution in [-0.2, 0) is 19.8 Å². The van der Waals surface area contributed by atoms with E-state index >= 15 is 0 Å². The van der Waals surface area contributed by atoms with Gasteiger partial charge in [-0.1, -0.05) is 0 Å². The molecule has 0 amide bonds. The SMILES string of the molecule is CO[S+](CCC[N+](C)(C)C)OC. The van der Waals surface area contributed by atoms with Crippen LogP contribution in [0.2, 0.25) is 0 Å². The minimum Gasteiger partial charge on any atom is -0.331 e. The highest BCUT2D eigenvalue weighted by Crippen LogP contribution is 2.02. The number of rotatable bonds is 6. The molecule has 0 aromatic rings. The first-order chi connectivity index (χ1) is 5.49. The average molecular weight is 195 g/mol. The molecule has 0 rings (SSSR count). The summed E-state index contributed by atoms with van der Waals surface area (Å²) in [6.45, 7) is 1.16. The highest BCUT2D eigenvalue weighted by molar-refractivity contribution is 7.87. The predicted molar refractivity (Wildman–Crippen MR) is 53.8 cm³/mol. The van der Waals surface area contributed by atoms with Crippen LogP contribution in [-0.4, -0.2) is 52.1 Å². The molecule has 0 aromatic heterocycles. The Morgan fingerprint density at radius 1 is 1.08 bits per heavy atom. The van der Waals surface area contributed by atoms with Crippen LogP contribution in [0.4, 0.5) is 0 Å². The zero-order chi connectivity index (χ0) is 9.61. The second-order valence-electron chi connectivity index (χ2n) is 3.71. The average Bonchev–Trinajstić information content (AvgIpc) is 1.96. The van der Waals surface area contributed by atoms with E-state index in [0.29, 0.717) is 0 Å². The van der Waals surface area contributed by atoms with E-state index in [1.54, 1.807) is 14.2 Å². The third-order valence-corrected chi connectivity index (χ3v) is 2.88. The van der Waals surface area contributed by atoms with Gasteiger partial charge in [0.25, 0.3) is 0 Å². The third kappa shape index (κ3) is 6.91. The largest absolute Gasteiger partial charge is 0.331 e. The lowest BCUT2D eigenvalue weighted by molar-refractivity contribution is -0.870. The van der Waals surface area contributed by atoms with Crippen molar-refractivity contribution >= 4 is 11.5 Å². The van der Waals surface area contributed by atoms with Crippen molar-refractivity contribution < 1.29 is 12.8 Å². The molecule has 0 aliphatic heterocycles. The lowest BCUT2D eigenvalue weighted by Gasteiger charge is -2.22. The van der Waals surface area contributed by atoms with Crippen LogP contribution in [0.15, 0.2) is 0 Å². The first-order valence-electron chi connectivity index (χ1n) is 4.10. The summed E-state index contributed by atoms with van der Waals surface area (Å²) in [4.78, 5) is 0. The fourth-order valence-corrected chi connectivity index (χ4v) is 1.73. The third-order valence-electron chi connectivity index (χ3n) is 1.51. The standard InChI is InChI=1S/C8H21NO2S/c1-9(2,3)7-6-8-12(10-4)11-5/h6-8H2,1-5H3/q+2.